The van der Waals surface area contributed by atoms with Crippen LogP contribution < -0.4 is 31.9 Å². The number of hydrogen-bond donors (Lipinski definition) is 6. The third-order valence-corrected chi connectivity index (χ3v) is 13.5. The molecule has 0 fully saturated rings. The summed E-state index contributed by atoms with van der Waals surface area (Å²) in [7, 11) is 0. The van der Waals surface area contributed by atoms with E-state index in [0.717, 1.165) is 0 Å². The molecule has 32 nitrogen and oxygen atoms in total. The van der Waals surface area contributed by atoms with Gasteiger partial charge in [-0.1, -0.05) is 59.4 Å². The number of ether oxygens (including phenoxy) is 18. The maximum Gasteiger partial charge on any atom is 0.216 e. The molecule has 0 spiro atoms. The third kappa shape index (κ3) is 81.9. The van der Waals surface area contributed by atoms with E-state index >= 15 is 0 Å². The highest BCUT2D eigenvalue weighted by Crippen LogP contribution is 2.28. The molecular weight excluding hydrogens is 1390 g/mol. The predicted molar refractivity (Wildman–Crippen MR) is 412 cm³/mol. The maximum atomic E-state index is 11.6. The normalized spacial score (nSPS) is 11.4. The van der Waals surface area contributed by atoms with E-state index in [1.54, 1.807) is 0 Å². The summed E-state index contributed by atoms with van der Waals surface area (Å²) in [6.07, 6.45) is 2.54. The van der Waals surface area contributed by atoms with E-state index in [4.69, 9.17) is 85.3 Å². The van der Waals surface area contributed by atoms with Crippen molar-refractivity contribution in [1.82, 2.24) is 31.9 Å². The molecule has 0 bridgehead atoms. The van der Waals surface area contributed by atoms with Gasteiger partial charge in [0.2, 0.25) is 35.4 Å². The standard InChI is InChI=1S/C66H124N6O26.8CH4/c1-56(73)12-9-20-81-28-36-89-44-64(47-92-39-31-84-23-15-68-59(4)76,46-91-38-30-83-22-11-14-67-58(3)75)52-97-54-66(50-95-42-34-87-26-18-71-62(7)79,51-96-43-35-88-27-19-72-63(8)80)55-98-53-65(45-90-37-29-82-21-10-13-57(2)74,48-93-40-32-85-24-16-69-60(5)77)49-94-41-33-86-25-17-70-61(6)78;;;;;;;;/h9-55H2,1-8H3,(H,67,75)(H,68,76)(H,69,77)(H,70,78)(H,71,79)(H,72,80);8*1H4. The van der Waals surface area contributed by atoms with E-state index in [2.05, 4.69) is 31.9 Å². The van der Waals surface area contributed by atoms with Crippen molar-refractivity contribution in [3.8, 4) is 0 Å². The summed E-state index contributed by atoms with van der Waals surface area (Å²) in [5, 5.41) is 16.3. The zero-order valence-electron chi connectivity index (χ0n) is 60.3. The summed E-state index contributed by atoms with van der Waals surface area (Å²) >= 11 is 0. The molecule has 0 aliphatic carbocycles. The topological polar surface area (TPSA) is 375 Å². The average molecular weight is 1550 g/mol. The second-order valence-electron chi connectivity index (χ2n) is 23.7. The fraction of sp³-hybridized carbons (Fsp3) is 0.892. The van der Waals surface area contributed by atoms with Crippen molar-refractivity contribution in [2.45, 2.75) is 147 Å². The molecule has 0 aromatic rings. The lowest BCUT2D eigenvalue weighted by atomic mass is 9.89. The van der Waals surface area contributed by atoms with Crippen LogP contribution in [0.15, 0.2) is 0 Å². The van der Waals surface area contributed by atoms with Gasteiger partial charge in [0.05, 0.1) is 234 Å². The van der Waals surface area contributed by atoms with E-state index in [-0.39, 0.29) is 324 Å². The van der Waals surface area contributed by atoms with Gasteiger partial charge in [0.1, 0.15) is 11.6 Å². The first-order valence-electron chi connectivity index (χ1n) is 34.1. The van der Waals surface area contributed by atoms with Crippen molar-refractivity contribution >= 4 is 47.0 Å². The minimum atomic E-state index is -1.10. The molecule has 6 N–H and O–H groups in total. The Balaban J connectivity index is -0.00000168. The minimum absolute atomic E-state index is 0. The first kappa shape index (κ1) is 120. The summed E-state index contributed by atoms with van der Waals surface area (Å²) in [4.78, 5) is 92.2. The molecule has 0 rings (SSSR count). The first-order valence-corrected chi connectivity index (χ1v) is 34.1. The molecule has 0 aliphatic heterocycles. The van der Waals surface area contributed by atoms with E-state index in [1.807, 2.05) is 0 Å². The van der Waals surface area contributed by atoms with Gasteiger partial charge in [-0.25, -0.2) is 0 Å². The van der Waals surface area contributed by atoms with Crippen molar-refractivity contribution in [3.63, 3.8) is 0 Å². The molecule has 0 saturated heterocycles. The molecule has 6 amide bonds. The Labute approximate surface area is 640 Å². The molecule has 638 valence electrons. The van der Waals surface area contributed by atoms with Crippen LogP contribution in [0.1, 0.15) is 147 Å². The summed E-state index contributed by atoms with van der Waals surface area (Å²) in [6, 6.07) is 0. The Morgan fingerprint density at radius 1 is 0.189 bits per heavy atom. The molecule has 0 radical (unpaired) electrons. The van der Waals surface area contributed by atoms with Gasteiger partial charge in [-0.2, -0.15) is 0 Å². The van der Waals surface area contributed by atoms with Gasteiger partial charge in [-0.3, -0.25) is 28.8 Å². The van der Waals surface area contributed by atoms with E-state index < -0.39 is 16.2 Å². The smallest absolute Gasteiger partial charge is 0.216 e. The molecule has 0 aromatic heterocycles. The molecule has 0 saturated carbocycles. The van der Waals surface area contributed by atoms with E-state index in [0.29, 0.717) is 91.2 Å². The Morgan fingerprint density at radius 3 is 0.519 bits per heavy atom. The number of ketones is 2. The Bertz CT molecular complexity index is 1890. The van der Waals surface area contributed by atoms with Crippen LogP contribution in [0.2, 0.25) is 0 Å². The van der Waals surface area contributed by atoms with Gasteiger partial charge >= 0.3 is 0 Å². The summed E-state index contributed by atoms with van der Waals surface area (Å²) < 4.78 is 111. The SMILES string of the molecule is C.C.C.C.C.C.C.C.CC(=O)CCCOCCOCC(COCCOCCCNC(C)=O)(COCCOCCNC(C)=O)COCC(COCCOCCNC(C)=O)(COCCOCCNC(C)=O)COCC(COCCOCCCC(C)=O)(COCCOCCNC(C)=O)COCCOCCNC(C)=O. The number of rotatable bonds is 75. The van der Waals surface area contributed by atoms with Gasteiger partial charge in [0.15, 0.2) is 0 Å². The van der Waals surface area contributed by atoms with E-state index in [9.17, 15) is 38.4 Å². The molecule has 1 unspecified atom stereocenters. The van der Waals surface area contributed by atoms with Gasteiger partial charge in [-0.05, 0) is 33.1 Å². The van der Waals surface area contributed by atoms with Crippen LogP contribution >= 0.6 is 0 Å². The quantitative estimate of drug-likeness (QED) is 0.0422. The summed E-state index contributed by atoms with van der Waals surface area (Å²) in [5.41, 5.74) is -3.10. The van der Waals surface area contributed by atoms with Crippen LogP contribution in [0.25, 0.3) is 0 Å². The average Bonchev–Trinajstić information content (AvgIpc) is 0.845. The zero-order chi connectivity index (χ0) is 72.3. The molecule has 0 aromatic carbocycles. The number of nitrogens with one attached hydrogen (secondary N) is 6. The predicted octanol–water partition coefficient (Wildman–Crippen LogP) is 5.28. The highest BCUT2D eigenvalue weighted by Gasteiger charge is 2.39. The number of carbonyl (C=O) groups is 8. The maximum absolute atomic E-state index is 11.6. The van der Waals surface area contributed by atoms with Crippen LogP contribution in [-0.2, 0) is 124 Å². The lowest BCUT2D eigenvalue weighted by Crippen LogP contribution is -2.48. The summed E-state index contributed by atoms with van der Waals surface area (Å²) in [5.74, 6) is -0.898. The fourth-order valence-corrected chi connectivity index (χ4v) is 8.57. The highest BCUT2D eigenvalue weighted by atomic mass is 16.6. The molecule has 0 aliphatic rings. The fourth-order valence-electron chi connectivity index (χ4n) is 8.57. The Morgan fingerprint density at radius 2 is 0.340 bits per heavy atom. The Kier molecular flexibility index (Phi) is 95.4. The lowest BCUT2D eigenvalue weighted by molar-refractivity contribution is -0.162. The van der Waals surface area contributed by atoms with E-state index in [1.165, 1.54) is 55.4 Å². The zero-order valence-corrected chi connectivity index (χ0v) is 60.3. The van der Waals surface area contributed by atoms with Gasteiger partial charge < -0.3 is 127 Å². The Hall–Kier alpha value is -4.56. The van der Waals surface area contributed by atoms with Crippen LogP contribution in [-0.4, -0.2) is 324 Å². The van der Waals surface area contributed by atoms with Crippen molar-refractivity contribution in [2.75, 3.05) is 277 Å². The number of hydrogen-bond acceptors (Lipinski definition) is 26. The molecule has 0 heterocycles. The minimum Gasteiger partial charge on any atom is -0.380 e. The lowest BCUT2D eigenvalue weighted by Gasteiger charge is -2.38. The second kappa shape index (κ2) is 84.5. The van der Waals surface area contributed by atoms with Gasteiger partial charge in [-0.15, -0.1) is 0 Å². The first-order chi connectivity index (χ1) is 47.2. The molecule has 1 atom stereocenters. The third-order valence-electron chi connectivity index (χ3n) is 13.5. The van der Waals surface area contributed by atoms with Crippen LogP contribution in [0, 0.1) is 16.2 Å². The van der Waals surface area contributed by atoms with Gasteiger partial charge in [0.25, 0.3) is 0 Å². The van der Waals surface area contributed by atoms with Crippen molar-refractivity contribution < 1.29 is 124 Å². The van der Waals surface area contributed by atoms with Crippen LogP contribution in [0.4, 0.5) is 0 Å². The van der Waals surface area contributed by atoms with Crippen LogP contribution in [0.3, 0.4) is 0 Å². The summed E-state index contributed by atoms with van der Waals surface area (Å²) in [6.45, 7) is 19.4. The number of Topliss-reactive ketones (excluding diaryl/α,β-unsaturated/α-hetero) is 2. The highest BCUT2D eigenvalue weighted by molar-refractivity contribution is 5.76. The molecule has 106 heavy (non-hydrogen) atoms. The van der Waals surface area contributed by atoms with Crippen molar-refractivity contribution in [2.24, 2.45) is 16.2 Å². The largest absolute Gasteiger partial charge is 0.380 e. The molecular formula is C74H156N6O26. The van der Waals surface area contributed by atoms with Crippen molar-refractivity contribution in [3.05, 3.63) is 0 Å². The molecule has 32 heteroatoms. The van der Waals surface area contributed by atoms with Crippen LogP contribution in [0.5, 0.6) is 0 Å². The number of carbonyl (C=O) groups excluding carboxylic acids is 8. The van der Waals surface area contributed by atoms with Crippen molar-refractivity contribution in [1.29, 1.82) is 0 Å². The number of amides is 6. The van der Waals surface area contributed by atoms with Gasteiger partial charge in [0, 0.05) is 113 Å². The monoisotopic (exact) mass is 1550 g/mol. The second-order valence-corrected chi connectivity index (χ2v) is 23.7.